The number of nitrogens with one attached hydrogen (secondary N) is 4. The summed E-state index contributed by atoms with van der Waals surface area (Å²) in [6.45, 7) is 6.07. The number of anilines is 2. The molecule has 1 heterocycles. The Morgan fingerprint density at radius 1 is 0.680 bits per heavy atom. The van der Waals surface area contributed by atoms with Gasteiger partial charge < -0.3 is 19.3 Å². The molecule has 1 aliphatic heterocycles. The van der Waals surface area contributed by atoms with Crippen molar-refractivity contribution in [3.63, 3.8) is 0 Å². The maximum atomic E-state index is 12.9. The lowest BCUT2D eigenvalue weighted by Crippen LogP contribution is -2.20. The first-order valence-corrected chi connectivity index (χ1v) is 17.1. The molecule has 4 unspecified atom stereocenters. The van der Waals surface area contributed by atoms with Gasteiger partial charge in [0, 0.05) is 26.7 Å². The van der Waals surface area contributed by atoms with E-state index in [4.69, 9.17) is 0 Å². The first kappa shape index (κ1) is 21.0. The molecule has 0 radical (unpaired) electrons. The molecule has 0 bridgehead atoms. The van der Waals surface area contributed by atoms with Gasteiger partial charge in [0.25, 0.3) is 0 Å². The van der Waals surface area contributed by atoms with Crippen LogP contribution in [0.3, 0.4) is 0 Å². The summed E-state index contributed by atoms with van der Waals surface area (Å²) in [4.78, 5) is 0. The zero-order chi connectivity index (χ0) is 18.9. The third kappa shape index (κ3) is 6.71. The molecule has 4 atom stereocenters. The molecule has 12 heteroatoms. The van der Waals surface area contributed by atoms with Crippen LogP contribution in [0.1, 0.15) is 0 Å². The SMILES string of the molecule is CP1(=O)CP(C)(=O)NCP(C)(=O)Nc2ccccc2NP(C)(=O)CN1. The molecule has 0 aromatic heterocycles. The lowest BCUT2D eigenvalue weighted by Gasteiger charge is -2.23. The van der Waals surface area contributed by atoms with Crippen LogP contribution < -0.4 is 20.3 Å². The third-order valence-electron chi connectivity index (χ3n) is 3.59. The van der Waals surface area contributed by atoms with Gasteiger partial charge >= 0.3 is 0 Å². The van der Waals surface area contributed by atoms with Gasteiger partial charge in [-0.25, -0.2) is 0 Å². The zero-order valence-electron chi connectivity index (χ0n) is 14.9. The Morgan fingerprint density at radius 3 is 1.40 bits per heavy atom. The van der Waals surface area contributed by atoms with Crippen molar-refractivity contribution in [2.75, 3.05) is 55.3 Å². The van der Waals surface area contributed by atoms with Gasteiger partial charge in [-0.2, -0.15) is 0 Å². The molecule has 0 amide bonds. The lowest BCUT2D eigenvalue weighted by atomic mass is 10.3. The van der Waals surface area contributed by atoms with Crippen LogP contribution in [-0.4, -0.2) is 45.1 Å². The molecule has 2 rings (SSSR count). The van der Waals surface area contributed by atoms with Gasteiger partial charge in [-0.15, -0.1) is 0 Å². The highest BCUT2D eigenvalue weighted by Crippen LogP contribution is 2.56. The minimum absolute atomic E-state index is 0.00109. The number of rotatable bonds is 0. The molecule has 4 N–H and O–H groups in total. The standard InChI is InChI=1S/C13H26N4O4P4/c1-22(18)9-14-24(3,20)11-25(4,21)15-10-23(2,19)17-13-8-6-5-7-12(13)16-22/h5-8H,9-11H2,1-4H3,(H,14,20)(H,15,21)(H,16,18)(H,17,19). The fraction of sp³-hybridized carbons (Fsp3) is 0.538. The van der Waals surface area contributed by atoms with Crippen LogP contribution in [0.4, 0.5) is 11.4 Å². The van der Waals surface area contributed by atoms with Crippen molar-refractivity contribution in [2.24, 2.45) is 0 Å². The Kier molecular flexibility index (Phi) is 6.16. The van der Waals surface area contributed by atoms with Gasteiger partial charge in [-0.1, -0.05) is 12.1 Å². The van der Waals surface area contributed by atoms with Gasteiger partial charge in [0.1, 0.15) is 0 Å². The molecule has 25 heavy (non-hydrogen) atoms. The highest BCUT2D eigenvalue weighted by molar-refractivity contribution is 7.79. The average molecular weight is 426 g/mol. The summed E-state index contributed by atoms with van der Waals surface area (Å²) in [5.74, 6) is -0.0764. The van der Waals surface area contributed by atoms with E-state index in [0.29, 0.717) is 11.4 Å². The Morgan fingerprint density at radius 2 is 1.04 bits per heavy atom. The van der Waals surface area contributed by atoms with Crippen LogP contribution in [0.15, 0.2) is 24.3 Å². The van der Waals surface area contributed by atoms with Gasteiger partial charge in [-0.05, 0) is 12.1 Å². The molecule has 8 nitrogen and oxygen atoms in total. The van der Waals surface area contributed by atoms with Crippen molar-refractivity contribution < 1.29 is 18.3 Å². The highest BCUT2D eigenvalue weighted by atomic mass is 31.2. The van der Waals surface area contributed by atoms with Gasteiger partial charge in [0.2, 0.25) is 0 Å². The Balaban J connectivity index is 2.44. The highest BCUT2D eigenvalue weighted by Gasteiger charge is 2.31. The van der Waals surface area contributed by atoms with E-state index in [-0.39, 0.29) is 18.5 Å². The lowest BCUT2D eigenvalue weighted by molar-refractivity contribution is 0.560. The second-order valence-corrected chi connectivity index (χ2v) is 18.6. The van der Waals surface area contributed by atoms with E-state index in [1.54, 1.807) is 37.6 Å². The van der Waals surface area contributed by atoms with Crippen LogP contribution in [0.25, 0.3) is 0 Å². The first-order valence-electron chi connectivity index (χ1n) is 7.71. The largest absolute Gasteiger partial charge is 0.334 e. The van der Waals surface area contributed by atoms with Gasteiger partial charge in [0.05, 0.1) is 29.8 Å². The van der Waals surface area contributed by atoms with Crippen LogP contribution in [0.5, 0.6) is 0 Å². The summed E-state index contributed by atoms with van der Waals surface area (Å²) >= 11 is 0. The van der Waals surface area contributed by atoms with Gasteiger partial charge in [-0.3, -0.25) is 19.3 Å². The molecule has 0 saturated carbocycles. The molecule has 142 valence electrons. The fourth-order valence-corrected chi connectivity index (χ4v) is 13.5. The quantitative estimate of drug-likeness (QED) is 0.456. The topological polar surface area (TPSA) is 116 Å². The van der Waals surface area contributed by atoms with Crippen LogP contribution >= 0.6 is 29.2 Å². The van der Waals surface area contributed by atoms with Gasteiger partial charge in [0.15, 0.2) is 29.2 Å². The number of benzene rings is 1. The van der Waals surface area contributed by atoms with Crippen molar-refractivity contribution in [1.82, 2.24) is 10.2 Å². The van der Waals surface area contributed by atoms with E-state index in [1.165, 1.54) is 13.3 Å². The molecular weight excluding hydrogens is 400 g/mol. The smallest absolute Gasteiger partial charge is 0.180 e. The minimum atomic E-state index is -2.98. The molecule has 0 aliphatic carbocycles. The molecule has 1 aliphatic rings. The number of para-hydroxylation sites is 2. The van der Waals surface area contributed by atoms with E-state index in [1.807, 2.05) is 0 Å². The summed E-state index contributed by atoms with van der Waals surface area (Å²) in [6.07, 6.45) is -0.00219. The Bertz CT molecular complexity index is 776. The van der Waals surface area contributed by atoms with Crippen molar-refractivity contribution in [1.29, 1.82) is 0 Å². The van der Waals surface area contributed by atoms with Crippen LogP contribution in [0, 0.1) is 0 Å². The van der Waals surface area contributed by atoms with E-state index >= 15 is 0 Å². The second-order valence-electron chi connectivity index (χ2n) is 6.95. The van der Waals surface area contributed by atoms with E-state index in [2.05, 4.69) is 20.3 Å². The normalized spacial score (nSPS) is 40.3. The minimum Gasteiger partial charge on any atom is -0.334 e. The summed E-state index contributed by atoms with van der Waals surface area (Å²) in [5.41, 5.74) is 1.11. The van der Waals surface area contributed by atoms with Crippen molar-refractivity contribution in [3.05, 3.63) is 24.3 Å². The summed E-state index contributed by atoms with van der Waals surface area (Å²) in [6, 6.07) is 7.04. The summed E-state index contributed by atoms with van der Waals surface area (Å²) in [7, 11) is -11.8. The van der Waals surface area contributed by atoms with E-state index < -0.39 is 29.2 Å². The predicted molar refractivity (Wildman–Crippen MR) is 109 cm³/mol. The Hall–Kier alpha value is -0.340. The number of hydrogen-bond acceptors (Lipinski definition) is 4. The molecule has 0 fully saturated rings. The Labute approximate surface area is 149 Å². The molecule has 1 aromatic carbocycles. The summed E-state index contributed by atoms with van der Waals surface area (Å²) in [5, 5.41) is 11.6. The average Bonchev–Trinajstić information content (AvgIpc) is 2.44. The van der Waals surface area contributed by atoms with E-state index in [0.717, 1.165) is 0 Å². The fourth-order valence-electron chi connectivity index (χ4n) is 2.45. The van der Waals surface area contributed by atoms with Crippen LogP contribution in [-0.2, 0) is 18.3 Å². The molecule has 1 aromatic rings. The number of hydrogen-bond donors (Lipinski definition) is 4. The van der Waals surface area contributed by atoms with Crippen molar-refractivity contribution in [3.8, 4) is 0 Å². The first-order chi connectivity index (χ1) is 11.3. The van der Waals surface area contributed by atoms with Crippen molar-refractivity contribution >= 4 is 40.5 Å². The molecular formula is C13H26N4O4P4. The van der Waals surface area contributed by atoms with Crippen LogP contribution in [0.2, 0.25) is 0 Å². The number of fused-ring (bicyclic) bond motifs is 1. The predicted octanol–water partition coefficient (Wildman–Crippen LogP) is 4.21. The molecule has 0 spiro atoms. The third-order valence-corrected chi connectivity index (χ3v) is 13.0. The summed E-state index contributed by atoms with van der Waals surface area (Å²) < 4.78 is 51.1. The maximum Gasteiger partial charge on any atom is 0.180 e. The molecule has 0 saturated heterocycles. The van der Waals surface area contributed by atoms with Crippen molar-refractivity contribution in [2.45, 2.75) is 0 Å². The zero-order valence-corrected chi connectivity index (χ0v) is 18.4. The monoisotopic (exact) mass is 426 g/mol. The second kappa shape index (κ2) is 7.35. The maximum absolute atomic E-state index is 12.9. The van der Waals surface area contributed by atoms with E-state index in [9.17, 15) is 18.3 Å².